The Bertz CT molecular complexity index is 566. The van der Waals surface area contributed by atoms with Crippen LogP contribution < -0.4 is 0 Å². The molecule has 1 aliphatic carbocycles. The summed E-state index contributed by atoms with van der Waals surface area (Å²) in [6, 6.07) is 0. The Kier molecular flexibility index (Phi) is 19.0. The van der Waals surface area contributed by atoms with E-state index in [0.29, 0.717) is 25.0 Å². The number of carbonyl (C=O) groups excluding carboxylic acids is 1. The van der Waals surface area contributed by atoms with Crippen LogP contribution in [0.4, 0.5) is 0 Å². The van der Waals surface area contributed by atoms with Gasteiger partial charge in [-0.15, -0.1) is 0 Å². The first kappa shape index (κ1) is 30.7. The van der Waals surface area contributed by atoms with E-state index in [2.05, 4.69) is 13.8 Å². The first-order valence-corrected chi connectivity index (χ1v) is 14.7. The molecule has 4 nitrogen and oxygen atoms in total. The van der Waals surface area contributed by atoms with E-state index in [-0.39, 0.29) is 5.57 Å². The molecule has 1 atom stereocenters. The second kappa shape index (κ2) is 21.0. The first-order valence-electron chi connectivity index (χ1n) is 14.7. The van der Waals surface area contributed by atoms with E-state index in [0.717, 1.165) is 31.6 Å². The van der Waals surface area contributed by atoms with Crippen LogP contribution in [0, 0.1) is 5.92 Å². The molecular formula is C30H54O4. The predicted molar refractivity (Wildman–Crippen MR) is 142 cm³/mol. The van der Waals surface area contributed by atoms with Crippen LogP contribution in [0.3, 0.4) is 0 Å². The summed E-state index contributed by atoms with van der Waals surface area (Å²) in [7, 11) is 0. The summed E-state index contributed by atoms with van der Waals surface area (Å²) in [5.74, 6) is -0.461. The quantitative estimate of drug-likeness (QED) is 0.124. The van der Waals surface area contributed by atoms with E-state index < -0.39 is 11.9 Å². The molecule has 0 aromatic carbocycles. The zero-order valence-electron chi connectivity index (χ0n) is 22.5. The van der Waals surface area contributed by atoms with Gasteiger partial charge in [-0.2, -0.15) is 0 Å². The van der Waals surface area contributed by atoms with E-state index in [4.69, 9.17) is 4.74 Å². The highest BCUT2D eigenvalue weighted by atomic mass is 16.5. The molecule has 0 aromatic rings. The molecule has 1 aliphatic rings. The maximum Gasteiger partial charge on any atom is 0.334 e. The second-order valence-corrected chi connectivity index (χ2v) is 10.6. The van der Waals surface area contributed by atoms with Crippen molar-refractivity contribution in [1.82, 2.24) is 0 Å². The maximum absolute atomic E-state index is 12.2. The summed E-state index contributed by atoms with van der Waals surface area (Å²) < 4.78 is 5.34. The summed E-state index contributed by atoms with van der Waals surface area (Å²) in [6.07, 6.45) is 26.7. The van der Waals surface area contributed by atoms with Crippen LogP contribution in [-0.4, -0.2) is 23.7 Å². The van der Waals surface area contributed by atoms with E-state index in [9.17, 15) is 14.7 Å². The van der Waals surface area contributed by atoms with Crippen molar-refractivity contribution in [3.8, 4) is 0 Å². The summed E-state index contributed by atoms with van der Waals surface area (Å²) >= 11 is 0. The molecule has 0 heterocycles. The van der Waals surface area contributed by atoms with Crippen LogP contribution >= 0.6 is 0 Å². The fourth-order valence-corrected chi connectivity index (χ4v) is 4.89. The maximum atomic E-state index is 12.2. The van der Waals surface area contributed by atoms with E-state index in [1.807, 2.05) is 0 Å². The topological polar surface area (TPSA) is 63.6 Å². The van der Waals surface area contributed by atoms with E-state index >= 15 is 0 Å². The number of rotatable bonds is 22. The largest absolute Gasteiger partial charge is 0.478 e. The number of unbranched alkanes of at least 4 members (excludes halogenated alkanes) is 15. The van der Waals surface area contributed by atoms with Crippen LogP contribution in [0.5, 0.6) is 0 Å². The summed E-state index contributed by atoms with van der Waals surface area (Å²) in [6.45, 7) is 5.08. The molecule has 0 aliphatic heterocycles. The highest BCUT2D eigenvalue weighted by molar-refractivity contribution is 5.99. The van der Waals surface area contributed by atoms with Crippen molar-refractivity contribution in [2.75, 3.05) is 6.61 Å². The van der Waals surface area contributed by atoms with Gasteiger partial charge in [-0.05, 0) is 38.0 Å². The Morgan fingerprint density at radius 3 is 1.56 bits per heavy atom. The molecule has 0 amide bonds. The fraction of sp³-hybridized carbons (Fsp3) is 0.867. The van der Waals surface area contributed by atoms with Crippen LogP contribution in [0.2, 0.25) is 0 Å². The van der Waals surface area contributed by atoms with Crippen LogP contribution in [0.1, 0.15) is 155 Å². The average Bonchev–Trinajstić information content (AvgIpc) is 2.84. The van der Waals surface area contributed by atoms with Gasteiger partial charge in [-0.3, -0.25) is 0 Å². The lowest BCUT2D eigenvalue weighted by atomic mass is 9.92. The molecule has 1 N–H and O–H groups in total. The third-order valence-electron chi connectivity index (χ3n) is 7.49. The third-order valence-corrected chi connectivity index (χ3v) is 7.49. The Morgan fingerprint density at radius 1 is 0.706 bits per heavy atom. The first-order chi connectivity index (χ1) is 16.6. The Hall–Kier alpha value is -1.32. The van der Waals surface area contributed by atoms with Crippen molar-refractivity contribution < 1.29 is 19.4 Å². The molecule has 0 radical (unpaired) electrons. The van der Waals surface area contributed by atoms with Crippen LogP contribution in [-0.2, 0) is 14.3 Å². The Labute approximate surface area is 210 Å². The highest BCUT2D eigenvalue weighted by Crippen LogP contribution is 2.26. The molecule has 0 spiro atoms. The lowest BCUT2D eigenvalue weighted by molar-refractivity contribution is -0.141. The molecule has 198 valence electrons. The van der Waals surface area contributed by atoms with Crippen LogP contribution in [0.25, 0.3) is 0 Å². The number of carboxylic acid groups (broad SMARTS) is 1. The van der Waals surface area contributed by atoms with Gasteiger partial charge < -0.3 is 9.84 Å². The van der Waals surface area contributed by atoms with Gasteiger partial charge >= 0.3 is 11.9 Å². The van der Waals surface area contributed by atoms with Gasteiger partial charge in [0.2, 0.25) is 0 Å². The van der Waals surface area contributed by atoms with Gasteiger partial charge in [0.25, 0.3) is 0 Å². The SMILES string of the molecule is CCC(C)CCCCCCCCCCCCCCCCCCOC(=O)C1=C(C(=O)O)CCCC1. The molecule has 0 aromatic heterocycles. The molecule has 34 heavy (non-hydrogen) atoms. The normalized spacial score (nSPS) is 14.9. The number of hydrogen-bond acceptors (Lipinski definition) is 3. The lowest BCUT2D eigenvalue weighted by Crippen LogP contribution is -2.18. The van der Waals surface area contributed by atoms with Crippen molar-refractivity contribution in [2.24, 2.45) is 5.92 Å². The van der Waals surface area contributed by atoms with Gasteiger partial charge in [0.15, 0.2) is 0 Å². The van der Waals surface area contributed by atoms with Gasteiger partial charge in [0, 0.05) is 11.1 Å². The van der Waals surface area contributed by atoms with Gasteiger partial charge in [-0.1, -0.05) is 123 Å². The van der Waals surface area contributed by atoms with E-state index in [1.165, 1.54) is 103 Å². The van der Waals surface area contributed by atoms with Crippen molar-refractivity contribution in [1.29, 1.82) is 0 Å². The zero-order valence-corrected chi connectivity index (χ0v) is 22.5. The predicted octanol–water partition coefficient (Wildman–Crippen LogP) is 9.16. The number of ether oxygens (including phenoxy) is 1. The Balaban J connectivity index is 1.82. The standard InChI is InChI=1S/C30H54O4/c1-3-26(2)22-18-16-14-12-10-8-6-4-5-7-9-11-13-15-17-21-25-34-30(33)28-24-20-19-23-27(28)29(31)32/h26H,3-25H2,1-2H3,(H,31,32). The van der Waals surface area contributed by atoms with Crippen molar-refractivity contribution in [2.45, 2.75) is 155 Å². The van der Waals surface area contributed by atoms with Gasteiger partial charge in [0.05, 0.1) is 6.61 Å². The number of aliphatic carboxylic acids is 1. The van der Waals surface area contributed by atoms with Gasteiger partial charge in [-0.25, -0.2) is 9.59 Å². The van der Waals surface area contributed by atoms with E-state index in [1.54, 1.807) is 0 Å². The number of carboxylic acids is 1. The summed E-state index contributed by atoms with van der Waals surface area (Å²) in [5.41, 5.74) is 0.658. The molecular weight excluding hydrogens is 424 g/mol. The molecule has 0 bridgehead atoms. The zero-order chi connectivity index (χ0) is 24.9. The fourth-order valence-electron chi connectivity index (χ4n) is 4.89. The molecule has 0 fully saturated rings. The van der Waals surface area contributed by atoms with Crippen molar-refractivity contribution >= 4 is 11.9 Å². The smallest absolute Gasteiger partial charge is 0.334 e. The van der Waals surface area contributed by atoms with Crippen LogP contribution in [0.15, 0.2) is 11.1 Å². The lowest BCUT2D eigenvalue weighted by Gasteiger charge is -2.16. The average molecular weight is 479 g/mol. The monoisotopic (exact) mass is 478 g/mol. The van der Waals surface area contributed by atoms with Crippen molar-refractivity contribution in [3.63, 3.8) is 0 Å². The molecule has 4 heteroatoms. The number of carbonyl (C=O) groups is 2. The minimum absolute atomic E-state index is 0.263. The molecule has 1 unspecified atom stereocenters. The third kappa shape index (κ3) is 15.6. The van der Waals surface area contributed by atoms with Gasteiger partial charge in [0.1, 0.15) is 0 Å². The molecule has 0 saturated carbocycles. The minimum Gasteiger partial charge on any atom is -0.478 e. The summed E-state index contributed by atoms with van der Waals surface area (Å²) in [5, 5.41) is 9.24. The highest BCUT2D eigenvalue weighted by Gasteiger charge is 2.24. The minimum atomic E-state index is -0.968. The number of hydrogen-bond donors (Lipinski definition) is 1. The number of esters is 1. The Morgan fingerprint density at radius 2 is 1.12 bits per heavy atom. The van der Waals surface area contributed by atoms with Crippen molar-refractivity contribution in [3.05, 3.63) is 11.1 Å². The second-order valence-electron chi connectivity index (χ2n) is 10.6. The molecule has 0 saturated heterocycles. The summed E-state index contributed by atoms with van der Waals surface area (Å²) in [4.78, 5) is 23.4. The molecule has 1 rings (SSSR count).